The fraction of sp³-hybridized carbons (Fsp3) is 0.444. The summed E-state index contributed by atoms with van der Waals surface area (Å²) < 4.78 is 0. The summed E-state index contributed by atoms with van der Waals surface area (Å²) in [5, 5.41) is 9.31. The van der Waals surface area contributed by atoms with Crippen LogP contribution in [0.15, 0.2) is 6.20 Å². The van der Waals surface area contributed by atoms with Crippen molar-refractivity contribution in [3.8, 4) is 0 Å². The number of carbonyl (C=O) groups excluding carboxylic acids is 1. The van der Waals surface area contributed by atoms with E-state index < -0.39 is 12.0 Å². The molecule has 0 fully saturated rings. The topological polar surface area (TPSA) is 89.1 Å². The monoisotopic (exact) mass is 195 g/mol. The van der Waals surface area contributed by atoms with Gasteiger partial charge in [-0.25, -0.2) is 9.97 Å². The van der Waals surface area contributed by atoms with Crippen molar-refractivity contribution in [2.45, 2.75) is 26.4 Å². The maximum atomic E-state index is 10.6. The van der Waals surface area contributed by atoms with Crippen molar-refractivity contribution >= 4 is 5.91 Å². The number of aryl methyl sites for hydroxylation is 1. The highest BCUT2D eigenvalue weighted by molar-refractivity contribution is 5.75. The lowest BCUT2D eigenvalue weighted by Gasteiger charge is -2.07. The second kappa shape index (κ2) is 4.15. The van der Waals surface area contributed by atoms with Crippen molar-refractivity contribution in [2.24, 2.45) is 5.73 Å². The molecule has 0 spiro atoms. The summed E-state index contributed by atoms with van der Waals surface area (Å²) >= 11 is 0. The van der Waals surface area contributed by atoms with Crippen molar-refractivity contribution in [3.05, 3.63) is 23.3 Å². The third kappa shape index (κ3) is 2.50. The van der Waals surface area contributed by atoms with E-state index in [9.17, 15) is 9.90 Å². The predicted octanol–water partition coefficient (Wildman–Crippen LogP) is -0.134. The van der Waals surface area contributed by atoms with E-state index in [-0.39, 0.29) is 6.42 Å². The Hall–Kier alpha value is -1.49. The van der Waals surface area contributed by atoms with Gasteiger partial charge in [-0.15, -0.1) is 0 Å². The summed E-state index contributed by atoms with van der Waals surface area (Å²) in [7, 11) is 0. The molecule has 0 saturated carbocycles. The SMILES string of the molecule is Cc1nc(CC(N)=O)ncc1C(C)O. The number of carbonyl (C=O) groups is 1. The number of hydrogen-bond donors (Lipinski definition) is 2. The number of rotatable bonds is 3. The van der Waals surface area contributed by atoms with Crippen molar-refractivity contribution < 1.29 is 9.90 Å². The predicted molar refractivity (Wildman–Crippen MR) is 50.3 cm³/mol. The van der Waals surface area contributed by atoms with Crippen LogP contribution >= 0.6 is 0 Å². The van der Waals surface area contributed by atoms with Gasteiger partial charge < -0.3 is 10.8 Å². The Morgan fingerprint density at radius 2 is 2.36 bits per heavy atom. The molecular formula is C9H13N3O2. The minimum atomic E-state index is -0.599. The van der Waals surface area contributed by atoms with Crippen LogP contribution in [0.3, 0.4) is 0 Å². The van der Waals surface area contributed by atoms with Crippen LogP contribution < -0.4 is 5.73 Å². The van der Waals surface area contributed by atoms with Gasteiger partial charge in [0.1, 0.15) is 5.82 Å². The number of aliphatic hydroxyl groups excluding tert-OH is 1. The number of amides is 1. The van der Waals surface area contributed by atoms with Crippen LogP contribution in [-0.2, 0) is 11.2 Å². The smallest absolute Gasteiger partial charge is 0.225 e. The van der Waals surface area contributed by atoms with Gasteiger partial charge in [-0.05, 0) is 13.8 Å². The minimum Gasteiger partial charge on any atom is -0.389 e. The van der Waals surface area contributed by atoms with Gasteiger partial charge in [0.2, 0.25) is 5.91 Å². The normalized spacial score (nSPS) is 12.5. The van der Waals surface area contributed by atoms with E-state index in [1.807, 2.05) is 0 Å². The fourth-order valence-corrected chi connectivity index (χ4v) is 1.18. The molecule has 1 rings (SSSR count). The average Bonchev–Trinajstić information content (AvgIpc) is 2.01. The number of nitrogens with zero attached hydrogens (tertiary/aromatic N) is 2. The fourth-order valence-electron chi connectivity index (χ4n) is 1.18. The summed E-state index contributed by atoms with van der Waals surface area (Å²) in [4.78, 5) is 18.6. The van der Waals surface area contributed by atoms with Crippen LogP contribution in [0.25, 0.3) is 0 Å². The first-order valence-corrected chi connectivity index (χ1v) is 4.29. The summed E-state index contributed by atoms with van der Waals surface area (Å²) in [6.45, 7) is 3.40. The lowest BCUT2D eigenvalue weighted by molar-refractivity contribution is -0.117. The van der Waals surface area contributed by atoms with E-state index in [4.69, 9.17) is 5.73 Å². The molecule has 1 unspecified atom stereocenters. The van der Waals surface area contributed by atoms with E-state index in [1.54, 1.807) is 13.8 Å². The van der Waals surface area contributed by atoms with Crippen LogP contribution in [0.4, 0.5) is 0 Å². The van der Waals surface area contributed by atoms with E-state index in [2.05, 4.69) is 9.97 Å². The standard InChI is InChI=1S/C9H13N3O2/c1-5-7(6(2)13)4-11-9(12-5)3-8(10)14/h4,6,13H,3H2,1-2H3,(H2,10,14). The average molecular weight is 195 g/mol. The van der Waals surface area contributed by atoms with Gasteiger partial charge in [0.05, 0.1) is 12.5 Å². The second-order valence-electron chi connectivity index (χ2n) is 3.15. The largest absolute Gasteiger partial charge is 0.389 e. The molecule has 1 aromatic heterocycles. The highest BCUT2D eigenvalue weighted by atomic mass is 16.3. The van der Waals surface area contributed by atoms with Crippen LogP contribution in [0.1, 0.15) is 30.1 Å². The highest BCUT2D eigenvalue weighted by Crippen LogP contribution is 2.13. The Kier molecular flexibility index (Phi) is 3.14. The van der Waals surface area contributed by atoms with Crippen molar-refractivity contribution in [2.75, 3.05) is 0 Å². The maximum Gasteiger partial charge on any atom is 0.225 e. The minimum absolute atomic E-state index is 0.0287. The van der Waals surface area contributed by atoms with Gasteiger partial charge in [-0.1, -0.05) is 0 Å². The first-order chi connectivity index (χ1) is 6.50. The van der Waals surface area contributed by atoms with Gasteiger partial charge in [0.25, 0.3) is 0 Å². The van der Waals surface area contributed by atoms with Gasteiger partial charge in [0, 0.05) is 17.5 Å². The summed E-state index contributed by atoms with van der Waals surface area (Å²) in [6.07, 6.45) is 0.948. The zero-order valence-electron chi connectivity index (χ0n) is 8.19. The number of aromatic nitrogens is 2. The van der Waals surface area contributed by atoms with Crippen LogP contribution in [0, 0.1) is 6.92 Å². The summed E-state index contributed by atoms with van der Waals surface area (Å²) in [5.41, 5.74) is 6.34. The Bertz CT molecular complexity index is 350. The zero-order chi connectivity index (χ0) is 10.7. The number of aliphatic hydroxyl groups is 1. The van der Waals surface area contributed by atoms with Gasteiger partial charge >= 0.3 is 0 Å². The second-order valence-corrected chi connectivity index (χ2v) is 3.15. The molecule has 0 aliphatic heterocycles. The molecule has 0 aromatic carbocycles. The van der Waals surface area contributed by atoms with E-state index >= 15 is 0 Å². The summed E-state index contributed by atoms with van der Waals surface area (Å²) in [5.74, 6) is -0.0754. The number of nitrogens with two attached hydrogens (primary N) is 1. The van der Waals surface area contributed by atoms with Crippen LogP contribution in [0.2, 0.25) is 0 Å². The van der Waals surface area contributed by atoms with E-state index in [0.717, 1.165) is 0 Å². The molecule has 0 radical (unpaired) electrons. The first-order valence-electron chi connectivity index (χ1n) is 4.29. The van der Waals surface area contributed by atoms with E-state index in [0.29, 0.717) is 17.1 Å². The molecule has 0 saturated heterocycles. The molecule has 1 aromatic rings. The van der Waals surface area contributed by atoms with Crippen LogP contribution in [0.5, 0.6) is 0 Å². The molecule has 0 aliphatic rings. The lowest BCUT2D eigenvalue weighted by atomic mass is 10.1. The Morgan fingerprint density at radius 1 is 1.71 bits per heavy atom. The molecule has 1 amide bonds. The maximum absolute atomic E-state index is 10.6. The molecule has 5 nitrogen and oxygen atoms in total. The summed E-state index contributed by atoms with van der Waals surface area (Å²) in [6, 6.07) is 0. The molecular weight excluding hydrogens is 182 g/mol. The Labute approximate surface area is 82.0 Å². The van der Waals surface area contributed by atoms with Crippen LogP contribution in [-0.4, -0.2) is 21.0 Å². The van der Waals surface area contributed by atoms with Crippen molar-refractivity contribution in [1.29, 1.82) is 0 Å². The van der Waals surface area contributed by atoms with Crippen molar-refractivity contribution in [1.82, 2.24) is 9.97 Å². The number of primary amides is 1. The zero-order valence-corrected chi connectivity index (χ0v) is 8.19. The molecule has 5 heteroatoms. The van der Waals surface area contributed by atoms with Gasteiger partial charge in [0.15, 0.2) is 0 Å². The van der Waals surface area contributed by atoms with Crippen molar-refractivity contribution in [3.63, 3.8) is 0 Å². The molecule has 3 N–H and O–H groups in total. The molecule has 0 bridgehead atoms. The first kappa shape index (κ1) is 10.6. The molecule has 76 valence electrons. The third-order valence-corrected chi connectivity index (χ3v) is 1.85. The molecule has 14 heavy (non-hydrogen) atoms. The molecule has 1 heterocycles. The quantitative estimate of drug-likeness (QED) is 0.702. The molecule has 0 aliphatic carbocycles. The van der Waals surface area contributed by atoms with Gasteiger partial charge in [-0.3, -0.25) is 4.79 Å². The number of hydrogen-bond acceptors (Lipinski definition) is 4. The third-order valence-electron chi connectivity index (χ3n) is 1.85. The van der Waals surface area contributed by atoms with E-state index in [1.165, 1.54) is 6.20 Å². The highest BCUT2D eigenvalue weighted by Gasteiger charge is 2.09. The molecule has 1 atom stereocenters. The van der Waals surface area contributed by atoms with Gasteiger partial charge in [-0.2, -0.15) is 0 Å². The lowest BCUT2D eigenvalue weighted by Crippen LogP contribution is -2.16. The Morgan fingerprint density at radius 3 is 2.79 bits per heavy atom. The Balaban J connectivity index is 2.94.